The first-order chi connectivity index (χ1) is 9.91. The topological polar surface area (TPSA) is 26.0 Å². The fourth-order valence-electron chi connectivity index (χ4n) is 3.08. The van der Waals surface area contributed by atoms with E-state index in [2.05, 4.69) is 52.1 Å². The highest BCUT2D eigenvalue weighted by Crippen LogP contribution is 2.38. The Labute approximate surface area is 134 Å². The van der Waals surface area contributed by atoms with Crippen LogP contribution in [0.25, 0.3) is 9.40 Å². The summed E-state index contributed by atoms with van der Waals surface area (Å²) in [5.41, 5.74) is 14.8. The van der Waals surface area contributed by atoms with Crippen molar-refractivity contribution in [3.05, 3.63) is 55.8 Å². The van der Waals surface area contributed by atoms with Gasteiger partial charge in [0.1, 0.15) is 0 Å². The Bertz CT molecular complexity index is 766. The smallest absolute Gasteiger partial charge is 0.0652 e. The molecule has 2 N–H and O–H groups in total. The van der Waals surface area contributed by atoms with Gasteiger partial charge < -0.3 is 5.73 Å². The molecule has 0 aliphatic carbocycles. The molecule has 1 nitrogen and oxygen atoms in total. The van der Waals surface area contributed by atoms with Crippen molar-refractivity contribution in [2.75, 3.05) is 0 Å². The minimum atomic E-state index is -0.0207. The number of fused-ring (bicyclic) bond motifs is 1. The highest BCUT2D eigenvalue weighted by molar-refractivity contribution is 7.27. The molecule has 0 saturated heterocycles. The van der Waals surface area contributed by atoms with Crippen LogP contribution in [-0.4, -0.2) is 0 Å². The molecule has 2 aromatic heterocycles. The van der Waals surface area contributed by atoms with E-state index < -0.39 is 0 Å². The summed E-state index contributed by atoms with van der Waals surface area (Å²) in [6.07, 6.45) is 0. The molecule has 3 heteroatoms. The first-order valence-electron chi connectivity index (χ1n) is 7.21. The maximum absolute atomic E-state index is 6.64. The third-order valence-electron chi connectivity index (χ3n) is 4.83. The molecular formula is C18H21NS2. The second-order valence-corrected chi connectivity index (χ2v) is 7.88. The van der Waals surface area contributed by atoms with E-state index in [1.165, 1.54) is 47.7 Å². The average molecular weight is 316 g/mol. The normalized spacial score (nSPS) is 13.0. The second-order valence-electron chi connectivity index (χ2n) is 5.81. The number of rotatable bonds is 2. The number of hydrogen-bond donors (Lipinski definition) is 1. The molecule has 0 fully saturated rings. The molecule has 0 amide bonds. The van der Waals surface area contributed by atoms with Gasteiger partial charge in [-0.3, -0.25) is 0 Å². The highest BCUT2D eigenvalue weighted by Gasteiger charge is 2.20. The molecule has 0 spiro atoms. The van der Waals surface area contributed by atoms with Crippen molar-refractivity contribution in [3.8, 4) is 0 Å². The van der Waals surface area contributed by atoms with E-state index in [4.69, 9.17) is 5.73 Å². The van der Waals surface area contributed by atoms with E-state index >= 15 is 0 Å². The summed E-state index contributed by atoms with van der Waals surface area (Å²) < 4.78 is 2.70. The van der Waals surface area contributed by atoms with Gasteiger partial charge in [0.15, 0.2) is 0 Å². The minimum Gasteiger partial charge on any atom is -0.320 e. The predicted molar refractivity (Wildman–Crippen MR) is 95.9 cm³/mol. The molecule has 110 valence electrons. The Morgan fingerprint density at radius 2 is 1.43 bits per heavy atom. The van der Waals surface area contributed by atoms with Crippen molar-refractivity contribution in [2.45, 2.75) is 40.7 Å². The zero-order chi connectivity index (χ0) is 15.3. The third kappa shape index (κ3) is 2.24. The van der Waals surface area contributed by atoms with E-state index in [0.717, 1.165) is 0 Å². The Morgan fingerprint density at radius 1 is 0.857 bits per heavy atom. The van der Waals surface area contributed by atoms with Crippen molar-refractivity contribution in [2.24, 2.45) is 5.73 Å². The van der Waals surface area contributed by atoms with Gasteiger partial charge in [0, 0.05) is 14.3 Å². The van der Waals surface area contributed by atoms with Crippen LogP contribution in [0.2, 0.25) is 0 Å². The Morgan fingerprint density at radius 3 is 2.00 bits per heavy atom. The van der Waals surface area contributed by atoms with E-state index in [0.29, 0.717) is 0 Å². The molecule has 0 aliphatic rings. The van der Waals surface area contributed by atoms with E-state index in [9.17, 15) is 0 Å². The molecular weight excluding hydrogens is 294 g/mol. The van der Waals surface area contributed by atoms with Crippen LogP contribution in [-0.2, 0) is 0 Å². The molecule has 3 aromatic rings. The van der Waals surface area contributed by atoms with Crippen molar-refractivity contribution >= 4 is 32.1 Å². The Hall–Kier alpha value is -1.16. The Balaban J connectivity index is 2.17. The zero-order valence-corrected chi connectivity index (χ0v) is 14.8. The molecule has 1 atom stereocenters. The van der Waals surface area contributed by atoms with E-state index in [-0.39, 0.29) is 6.04 Å². The largest absolute Gasteiger partial charge is 0.320 e. The van der Waals surface area contributed by atoms with Crippen LogP contribution < -0.4 is 5.73 Å². The first-order valence-corrected chi connectivity index (χ1v) is 8.90. The van der Waals surface area contributed by atoms with Gasteiger partial charge in [-0.15, -0.1) is 22.7 Å². The van der Waals surface area contributed by atoms with Gasteiger partial charge in [-0.25, -0.2) is 0 Å². The highest BCUT2D eigenvalue weighted by atomic mass is 32.1. The monoisotopic (exact) mass is 315 g/mol. The van der Waals surface area contributed by atoms with Gasteiger partial charge in [0.05, 0.1) is 6.04 Å². The molecule has 3 rings (SSSR count). The SMILES string of the molecule is Cc1c(C)c(C)c(C(N)c2cc3sccc3s2)c(C)c1C. The van der Waals surface area contributed by atoms with Crippen LogP contribution >= 0.6 is 22.7 Å². The molecule has 1 aromatic carbocycles. The van der Waals surface area contributed by atoms with Crippen molar-refractivity contribution in [3.63, 3.8) is 0 Å². The van der Waals surface area contributed by atoms with E-state index in [1.54, 1.807) is 11.3 Å². The lowest BCUT2D eigenvalue weighted by Gasteiger charge is -2.22. The van der Waals surface area contributed by atoms with Gasteiger partial charge >= 0.3 is 0 Å². The molecule has 21 heavy (non-hydrogen) atoms. The summed E-state index contributed by atoms with van der Waals surface area (Å²) in [6, 6.07) is 4.43. The van der Waals surface area contributed by atoms with Crippen LogP contribution in [0.1, 0.15) is 44.3 Å². The van der Waals surface area contributed by atoms with Crippen LogP contribution in [0.3, 0.4) is 0 Å². The lowest BCUT2D eigenvalue weighted by molar-refractivity contribution is 0.862. The van der Waals surface area contributed by atoms with Crippen LogP contribution in [0.4, 0.5) is 0 Å². The fraction of sp³-hybridized carbons (Fsp3) is 0.333. The summed E-state index contributed by atoms with van der Waals surface area (Å²) in [4.78, 5) is 1.27. The number of thiophene rings is 2. The summed E-state index contributed by atoms with van der Waals surface area (Å²) in [5.74, 6) is 0. The predicted octanol–water partition coefficient (Wildman–Crippen LogP) is 5.55. The van der Waals surface area contributed by atoms with Gasteiger partial charge in [-0.2, -0.15) is 0 Å². The minimum absolute atomic E-state index is 0.0207. The van der Waals surface area contributed by atoms with Crippen molar-refractivity contribution in [1.29, 1.82) is 0 Å². The molecule has 0 radical (unpaired) electrons. The molecule has 2 heterocycles. The second kappa shape index (κ2) is 5.24. The van der Waals surface area contributed by atoms with Gasteiger partial charge in [-0.05, 0) is 85.5 Å². The molecule has 0 saturated carbocycles. The van der Waals surface area contributed by atoms with Crippen LogP contribution in [0.15, 0.2) is 17.5 Å². The fourth-order valence-corrected chi connectivity index (χ4v) is 5.21. The average Bonchev–Trinajstić information content (AvgIpc) is 3.04. The first kappa shape index (κ1) is 14.8. The van der Waals surface area contributed by atoms with Crippen molar-refractivity contribution < 1.29 is 0 Å². The summed E-state index contributed by atoms with van der Waals surface area (Å²) in [5, 5.41) is 2.15. The lowest BCUT2D eigenvalue weighted by atomic mass is 9.86. The van der Waals surface area contributed by atoms with Gasteiger partial charge in [0.2, 0.25) is 0 Å². The summed E-state index contributed by atoms with van der Waals surface area (Å²) in [7, 11) is 0. The standard InChI is InChI=1S/C18H21NS2/c1-9-10(2)12(4)17(13(5)11(9)3)18(19)16-8-15-14(21-16)6-7-20-15/h6-8,18H,19H2,1-5H3. The third-order valence-corrected chi connectivity index (χ3v) is 7.01. The molecule has 1 unspecified atom stereocenters. The maximum atomic E-state index is 6.64. The van der Waals surface area contributed by atoms with Crippen molar-refractivity contribution in [1.82, 2.24) is 0 Å². The number of benzene rings is 1. The maximum Gasteiger partial charge on any atom is 0.0652 e. The molecule has 0 aliphatic heterocycles. The van der Waals surface area contributed by atoms with Crippen LogP contribution in [0, 0.1) is 34.6 Å². The van der Waals surface area contributed by atoms with Gasteiger partial charge in [-0.1, -0.05) is 0 Å². The Kier molecular flexibility index (Phi) is 3.68. The van der Waals surface area contributed by atoms with E-state index in [1.807, 2.05) is 11.3 Å². The number of nitrogens with two attached hydrogens (primary N) is 1. The lowest BCUT2D eigenvalue weighted by Crippen LogP contribution is -2.16. The van der Waals surface area contributed by atoms with Crippen LogP contribution in [0.5, 0.6) is 0 Å². The summed E-state index contributed by atoms with van der Waals surface area (Å²) >= 11 is 3.62. The molecule has 0 bridgehead atoms. The quantitative estimate of drug-likeness (QED) is 0.659. The zero-order valence-electron chi connectivity index (χ0n) is 13.2. The van der Waals surface area contributed by atoms with Gasteiger partial charge in [0.25, 0.3) is 0 Å². The summed E-state index contributed by atoms with van der Waals surface area (Å²) in [6.45, 7) is 11.0. The number of hydrogen-bond acceptors (Lipinski definition) is 3.